The van der Waals surface area contributed by atoms with E-state index in [1.165, 1.54) is 4.90 Å². The fourth-order valence-corrected chi connectivity index (χ4v) is 2.53. The third-order valence-corrected chi connectivity index (χ3v) is 3.75. The number of aryl methyl sites for hydroxylation is 1. The number of nitrogens with zero attached hydrogens (tertiary/aromatic N) is 2. The lowest BCUT2D eigenvalue weighted by Crippen LogP contribution is -2.31. The molecule has 4 nitrogen and oxygen atoms in total. The minimum atomic E-state index is -0.114. The molecule has 0 unspecified atom stereocenters. The molecule has 0 saturated heterocycles. The summed E-state index contributed by atoms with van der Waals surface area (Å²) in [5.74, 6) is -0.114. The molecular weight excluding hydrogens is 252 g/mol. The predicted octanol–water partition coefficient (Wildman–Crippen LogP) is 2.35. The van der Waals surface area contributed by atoms with E-state index in [-0.39, 0.29) is 17.5 Å². The summed E-state index contributed by atoms with van der Waals surface area (Å²) in [6.45, 7) is 1.97. The Bertz CT molecular complexity index is 755. The molecule has 1 heterocycles. The summed E-state index contributed by atoms with van der Waals surface area (Å²) in [5.41, 5.74) is 1.52. The van der Waals surface area contributed by atoms with Gasteiger partial charge in [-0.3, -0.25) is 9.59 Å². The first kappa shape index (κ1) is 12.9. The highest BCUT2D eigenvalue weighted by molar-refractivity contribution is 5.96. The van der Waals surface area contributed by atoms with Gasteiger partial charge in [-0.15, -0.1) is 0 Å². The van der Waals surface area contributed by atoms with E-state index in [1.807, 2.05) is 31.2 Å². The van der Waals surface area contributed by atoms with Gasteiger partial charge >= 0.3 is 0 Å². The van der Waals surface area contributed by atoms with Crippen molar-refractivity contribution in [2.45, 2.75) is 25.8 Å². The standard InChI is InChI=1S/C16H18N2O2/c1-10-4-5-11-9-14(16(20)17(2)3)18(12-6-7-12)15(19)13(11)8-10/h4-5,8-9,12H,6-7H2,1-3H3. The molecule has 1 aliphatic carbocycles. The predicted molar refractivity (Wildman–Crippen MR) is 79.2 cm³/mol. The van der Waals surface area contributed by atoms with Gasteiger partial charge in [0.1, 0.15) is 5.69 Å². The summed E-state index contributed by atoms with van der Waals surface area (Å²) in [6, 6.07) is 7.81. The Hall–Kier alpha value is -2.10. The number of pyridine rings is 1. The molecule has 0 atom stereocenters. The van der Waals surface area contributed by atoms with Crippen LogP contribution in [0.4, 0.5) is 0 Å². The first-order chi connectivity index (χ1) is 9.49. The van der Waals surface area contributed by atoms with E-state index in [0.717, 1.165) is 23.8 Å². The Morgan fingerprint density at radius 1 is 1.25 bits per heavy atom. The van der Waals surface area contributed by atoms with Crippen LogP contribution in [0.15, 0.2) is 29.1 Å². The maximum atomic E-state index is 12.7. The number of rotatable bonds is 2. The molecule has 0 aliphatic heterocycles. The monoisotopic (exact) mass is 270 g/mol. The number of hydrogen-bond acceptors (Lipinski definition) is 2. The first-order valence-electron chi connectivity index (χ1n) is 6.86. The van der Waals surface area contributed by atoms with E-state index in [2.05, 4.69) is 0 Å². The van der Waals surface area contributed by atoms with Gasteiger partial charge in [-0.25, -0.2) is 0 Å². The van der Waals surface area contributed by atoms with E-state index < -0.39 is 0 Å². The Morgan fingerprint density at radius 2 is 1.95 bits per heavy atom. The van der Waals surface area contributed by atoms with Crippen LogP contribution in [0.2, 0.25) is 0 Å². The van der Waals surface area contributed by atoms with Crippen LogP contribution in [0.3, 0.4) is 0 Å². The highest BCUT2D eigenvalue weighted by atomic mass is 16.2. The van der Waals surface area contributed by atoms with Crippen LogP contribution < -0.4 is 5.56 Å². The lowest BCUT2D eigenvalue weighted by atomic mass is 10.1. The molecular formula is C16H18N2O2. The number of carbonyl (C=O) groups is 1. The Morgan fingerprint density at radius 3 is 2.55 bits per heavy atom. The van der Waals surface area contributed by atoms with Crippen molar-refractivity contribution < 1.29 is 4.79 Å². The molecule has 1 aromatic heterocycles. The third kappa shape index (κ3) is 2.01. The van der Waals surface area contributed by atoms with E-state index in [9.17, 15) is 9.59 Å². The van der Waals surface area contributed by atoms with E-state index >= 15 is 0 Å². The van der Waals surface area contributed by atoms with Crippen LogP contribution in [0.1, 0.15) is 34.9 Å². The van der Waals surface area contributed by atoms with Gasteiger partial charge in [0.25, 0.3) is 11.5 Å². The number of fused-ring (bicyclic) bond motifs is 1. The normalized spacial score (nSPS) is 14.6. The van der Waals surface area contributed by atoms with Crippen LogP contribution in [-0.2, 0) is 0 Å². The highest BCUT2D eigenvalue weighted by Crippen LogP contribution is 2.35. The number of aromatic nitrogens is 1. The van der Waals surface area contributed by atoms with Crippen LogP contribution in [0.5, 0.6) is 0 Å². The van der Waals surface area contributed by atoms with Crippen molar-refractivity contribution in [2.24, 2.45) is 0 Å². The number of carbonyl (C=O) groups excluding carboxylic acids is 1. The summed E-state index contributed by atoms with van der Waals surface area (Å²) in [7, 11) is 3.42. The van der Waals surface area contributed by atoms with Crippen molar-refractivity contribution in [3.8, 4) is 0 Å². The molecule has 1 amide bonds. The van der Waals surface area contributed by atoms with Gasteiger partial charge in [0, 0.05) is 25.5 Å². The summed E-state index contributed by atoms with van der Waals surface area (Å²) in [6.07, 6.45) is 1.95. The molecule has 1 saturated carbocycles. The van der Waals surface area contributed by atoms with Gasteiger partial charge in [-0.05, 0) is 37.3 Å². The van der Waals surface area contributed by atoms with Gasteiger partial charge < -0.3 is 9.47 Å². The van der Waals surface area contributed by atoms with Crippen molar-refractivity contribution in [1.82, 2.24) is 9.47 Å². The lowest BCUT2D eigenvalue weighted by Gasteiger charge is -2.17. The van der Waals surface area contributed by atoms with E-state index in [4.69, 9.17) is 0 Å². The summed E-state index contributed by atoms with van der Waals surface area (Å²) in [4.78, 5) is 26.6. The van der Waals surface area contributed by atoms with Crippen molar-refractivity contribution in [1.29, 1.82) is 0 Å². The topological polar surface area (TPSA) is 42.3 Å². The smallest absolute Gasteiger partial charge is 0.270 e. The Kier molecular flexibility index (Phi) is 2.89. The van der Waals surface area contributed by atoms with E-state index in [0.29, 0.717) is 11.1 Å². The molecule has 0 spiro atoms. The zero-order chi connectivity index (χ0) is 14.4. The molecule has 2 aromatic rings. The molecule has 104 valence electrons. The Balaban J connectivity index is 2.34. The van der Waals surface area contributed by atoms with Crippen molar-refractivity contribution >= 4 is 16.7 Å². The second-order valence-corrected chi connectivity index (χ2v) is 5.73. The summed E-state index contributed by atoms with van der Waals surface area (Å²) < 4.78 is 1.68. The molecule has 1 aromatic carbocycles. The number of hydrogen-bond donors (Lipinski definition) is 0. The molecule has 20 heavy (non-hydrogen) atoms. The van der Waals surface area contributed by atoms with Gasteiger partial charge in [0.05, 0.1) is 0 Å². The van der Waals surface area contributed by atoms with Crippen LogP contribution in [-0.4, -0.2) is 29.5 Å². The van der Waals surface area contributed by atoms with Crippen molar-refractivity contribution in [3.63, 3.8) is 0 Å². The molecule has 0 bridgehead atoms. The second kappa shape index (κ2) is 4.47. The molecule has 0 radical (unpaired) electrons. The van der Waals surface area contributed by atoms with Gasteiger partial charge in [0.2, 0.25) is 0 Å². The average molecular weight is 270 g/mol. The second-order valence-electron chi connectivity index (χ2n) is 5.73. The van der Waals surface area contributed by atoms with Gasteiger partial charge in [-0.2, -0.15) is 0 Å². The largest absolute Gasteiger partial charge is 0.343 e. The molecule has 4 heteroatoms. The summed E-state index contributed by atoms with van der Waals surface area (Å²) in [5, 5.41) is 1.54. The maximum absolute atomic E-state index is 12.7. The van der Waals surface area contributed by atoms with Crippen LogP contribution in [0.25, 0.3) is 10.8 Å². The van der Waals surface area contributed by atoms with Crippen molar-refractivity contribution in [3.05, 3.63) is 45.9 Å². The molecule has 1 fully saturated rings. The lowest BCUT2D eigenvalue weighted by molar-refractivity contribution is 0.0815. The summed E-state index contributed by atoms with van der Waals surface area (Å²) >= 11 is 0. The quantitative estimate of drug-likeness (QED) is 0.840. The van der Waals surface area contributed by atoms with Gasteiger partial charge in [0.15, 0.2) is 0 Å². The minimum absolute atomic E-state index is 0.0427. The molecule has 1 aliphatic rings. The SMILES string of the molecule is Cc1ccc2cc(C(=O)N(C)C)n(C3CC3)c(=O)c2c1. The minimum Gasteiger partial charge on any atom is -0.343 e. The van der Waals surface area contributed by atoms with Crippen LogP contribution >= 0.6 is 0 Å². The number of amides is 1. The maximum Gasteiger partial charge on any atom is 0.270 e. The fourth-order valence-electron chi connectivity index (χ4n) is 2.53. The third-order valence-electron chi connectivity index (χ3n) is 3.75. The first-order valence-corrected chi connectivity index (χ1v) is 6.86. The van der Waals surface area contributed by atoms with E-state index in [1.54, 1.807) is 18.7 Å². The van der Waals surface area contributed by atoms with Gasteiger partial charge in [-0.1, -0.05) is 17.7 Å². The zero-order valence-corrected chi connectivity index (χ0v) is 12.0. The Labute approximate surface area is 117 Å². The molecule has 3 rings (SSSR count). The van der Waals surface area contributed by atoms with Crippen molar-refractivity contribution in [2.75, 3.05) is 14.1 Å². The average Bonchev–Trinajstić information content (AvgIpc) is 3.22. The number of benzene rings is 1. The van der Waals surface area contributed by atoms with Crippen LogP contribution in [0, 0.1) is 6.92 Å². The molecule has 0 N–H and O–H groups in total. The highest BCUT2D eigenvalue weighted by Gasteiger charge is 2.30. The zero-order valence-electron chi connectivity index (χ0n) is 12.0. The fraction of sp³-hybridized carbons (Fsp3) is 0.375.